The fourth-order valence-corrected chi connectivity index (χ4v) is 15.9. The monoisotopic (exact) mass is 1560 g/mol. The average Bonchev–Trinajstić information content (AvgIpc) is 1.73. The molecule has 12 heterocycles. The quantitative estimate of drug-likeness (QED) is 0.0282. The van der Waals surface area contributed by atoms with E-state index in [1.165, 1.54) is 0 Å². The first-order chi connectivity index (χ1) is 47.5. The van der Waals surface area contributed by atoms with E-state index in [4.69, 9.17) is 90.0 Å². The summed E-state index contributed by atoms with van der Waals surface area (Å²) in [5, 5.41) is 154. The van der Waals surface area contributed by atoms with Gasteiger partial charge in [-0.25, -0.2) is 33.7 Å². The molecule has 101 heavy (non-hydrogen) atoms. The van der Waals surface area contributed by atoms with Crippen LogP contribution in [0.2, 0.25) is 0 Å². The van der Waals surface area contributed by atoms with Gasteiger partial charge in [0.2, 0.25) is 41.6 Å². The van der Waals surface area contributed by atoms with Crippen LogP contribution in [0.15, 0.2) is 0 Å². The van der Waals surface area contributed by atoms with Gasteiger partial charge in [0.25, 0.3) is 0 Å². The van der Waals surface area contributed by atoms with Crippen LogP contribution in [0.1, 0.15) is 0 Å². The lowest BCUT2D eigenvalue weighted by molar-refractivity contribution is -0.381. The molecule has 12 aliphatic rings. The SMILES string of the molecule is O=S(=O)([O-])OC1C(CO)OC(O)C(O)C1OC1OC2COC(C1O)C2OC1OC(CO)C(OS(=O)(=O)[O-])C(OC2OC3COC(C2O)C3OC2OC(CO)C(OS(=O)(=O)[O-])C(OC3OC4COC(C3O)C4OC3OC(CO)C(OS(=O)(=O)[O-])C(OC4OC5COC(C5O)C4O)C3O)C2O)C1O. The van der Waals surface area contributed by atoms with Gasteiger partial charge in [-0.2, -0.15) is 0 Å². The molecule has 0 aromatic rings. The summed E-state index contributed by atoms with van der Waals surface area (Å²) in [4.78, 5) is 0. The second-order valence-corrected chi connectivity index (χ2v) is 28.8. The molecular formula is C48H70O49S4-4. The third-order valence-electron chi connectivity index (χ3n) is 18.4. The van der Waals surface area contributed by atoms with Crippen LogP contribution in [0.3, 0.4) is 0 Å². The summed E-state index contributed by atoms with van der Waals surface area (Å²) in [5.74, 6) is 0. The molecule has 12 fully saturated rings. The fraction of sp³-hybridized carbons (Fsp3) is 1.00. The Kier molecular flexibility index (Phi) is 24.1. The van der Waals surface area contributed by atoms with E-state index < -0.39 is 333 Å². The number of ether oxygens (including phenoxy) is 19. The van der Waals surface area contributed by atoms with Crippen molar-refractivity contribution in [2.75, 3.05) is 52.9 Å². The minimum atomic E-state index is -5.85. The number of rotatable bonds is 26. The lowest BCUT2D eigenvalue weighted by atomic mass is 9.96. The van der Waals surface area contributed by atoms with Gasteiger partial charge in [0.1, 0.15) is 195 Å². The van der Waals surface area contributed by atoms with Gasteiger partial charge >= 0.3 is 0 Å². The number of fused-ring (bicyclic) bond motifs is 8. The van der Waals surface area contributed by atoms with Crippen LogP contribution in [-0.4, -0.2) is 422 Å². The minimum Gasteiger partial charge on any atom is -0.726 e. The number of hydrogen-bond acceptors (Lipinski definition) is 49. The van der Waals surface area contributed by atoms with Crippen molar-refractivity contribution in [2.45, 2.75) is 246 Å². The van der Waals surface area contributed by atoms with Crippen LogP contribution < -0.4 is 0 Å². The van der Waals surface area contributed by atoms with Gasteiger partial charge in [0.05, 0.1) is 52.9 Å². The maximum absolute atomic E-state index is 12.2. The van der Waals surface area contributed by atoms with Crippen molar-refractivity contribution in [1.29, 1.82) is 0 Å². The smallest absolute Gasteiger partial charge is 0.218 e. The Morgan fingerprint density at radius 3 is 0.782 bits per heavy atom. The molecule has 0 aromatic heterocycles. The van der Waals surface area contributed by atoms with Gasteiger partial charge < -0.3 is 180 Å². The molecule has 584 valence electrons. The largest absolute Gasteiger partial charge is 0.726 e. The molecule has 14 N–H and O–H groups in total. The highest BCUT2D eigenvalue weighted by molar-refractivity contribution is 7.81. The molecule has 40 atom stereocenters. The van der Waals surface area contributed by atoms with Crippen LogP contribution in [0.4, 0.5) is 0 Å². The summed E-state index contributed by atoms with van der Waals surface area (Å²) in [6, 6.07) is 0. The Morgan fingerprint density at radius 1 is 0.267 bits per heavy atom. The van der Waals surface area contributed by atoms with Crippen molar-refractivity contribution in [2.24, 2.45) is 0 Å². The van der Waals surface area contributed by atoms with E-state index in [0.29, 0.717) is 0 Å². The van der Waals surface area contributed by atoms with Gasteiger partial charge in [-0.15, -0.1) is 0 Å². The van der Waals surface area contributed by atoms with Crippen LogP contribution in [0.25, 0.3) is 0 Å². The maximum atomic E-state index is 12.2. The Balaban J connectivity index is 0.717. The van der Waals surface area contributed by atoms with Crippen molar-refractivity contribution in [3.05, 3.63) is 0 Å². The van der Waals surface area contributed by atoms with Crippen LogP contribution in [-0.2, 0) is 148 Å². The van der Waals surface area contributed by atoms with E-state index in [-0.39, 0.29) is 6.61 Å². The summed E-state index contributed by atoms with van der Waals surface area (Å²) < 4.78 is 271. The first kappa shape index (κ1) is 78.7. The van der Waals surface area contributed by atoms with E-state index in [0.717, 1.165) is 0 Å². The van der Waals surface area contributed by atoms with E-state index in [1.54, 1.807) is 0 Å². The van der Waals surface area contributed by atoms with E-state index in [2.05, 4.69) is 16.7 Å². The zero-order valence-electron chi connectivity index (χ0n) is 50.9. The van der Waals surface area contributed by atoms with Crippen molar-refractivity contribution in [3.8, 4) is 0 Å². The number of hydrogen-bond donors (Lipinski definition) is 14. The van der Waals surface area contributed by atoms with Crippen molar-refractivity contribution in [3.63, 3.8) is 0 Å². The molecule has 12 aliphatic heterocycles. The highest BCUT2D eigenvalue weighted by Gasteiger charge is 2.64. The summed E-state index contributed by atoms with van der Waals surface area (Å²) in [6.45, 7) is -6.59. The Hall–Kier alpha value is -1.84. The number of aliphatic hydroxyl groups is 14. The normalized spacial score (nSPS) is 51.0. The number of aliphatic hydroxyl groups excluding tert-OH is 14. The Morgan fingerprint density at radius 2 is 0.495 bits per heavy atom. The third kappa shape index (κ3) is 16.6. The molecule has 53 heteroatoms. The predicted molar refractivity (Wildman–Crippen MR) is 285 cm³/mol. The highest BCUT2D eigenvalue weighted by Crippen LogP contribution is 2.44. The van der Waals surface area contributed by atoms with E-state index in [1.807, 2.05) is 0 Å². The lowest BCUT2D eigenvalue weighted by Gasteiger charge is -2.49. The van der Waals surface area contributed by atoms with Gasteiger partial charge in [-0.05, 0) is 0 Å². The standard InChI is InChI=1S/C48H74O49S4/c49-1-9-29(94-98(63,64)65)37(18(54)41(62)79-9)90-43-20(56)34-26(14(84-43)6-76-34)87-47-24(60)39(31(11(3-51)81-47)96-100(69,70)71)92-45-22(58)36-28(16(86-45)8-78-36)89-48-25(61)40(32(12(4-52)82-48)97-101(72,73)74)93-44-21(57)35-27(15(85-44)7-77-35)88-46-23(59)38(30(10(2-50)80-46)95-99(66,67)68)91-42-19(55)33-17(53)13(83-42)5-75-33/h9-62H,1-8H2,(H,63,64,65)(H,66,67,68)(H,69,70,71)(H,72,73,74)/p-4. The minimum absolute atomic E-state index is 0.242. The molecule has 0 saturated carbocycles. The van der Waals surface area contributed by atoms with Gasteiger partial charge in [0.15, 0.2) is 50.3 Å². The van der Waals surface area contributed by atoms with Gasteiger partial charge in [-0.1, -0.05) is 0 Å². The zero-order chi connectivity index (χ0) is 73.0. The molecule has 0 spiro atoms. The highest BCUT2D eigenvalue weighted by atomic mass is 32.3. The Bertz CT molecular complexity index is 3280. The summed E-state index contributed by atoms with van der Waals surface area (Å²) in [7, 11) is -23.0. The predicted octanol–water partition coefficient (Wildman–Crippen LogP) is -16.3. The molecular weight excluding hydrogens is 1490 g/mol. The topological polar surface area (TPSA) is 724 Å². The molecule has 0 amide bonds. The van der Waals surface area contributed by atoms with Crippen molar-refractivity contribution >= 4 is 41.6 Å². The van der Waals surface area contributed by atoms with Crippen LogP contribution in [0.5, 0.6) is 0 Å². The van der Waals surface area contributed by atoms with Gasteiger partial charge in [0, 0.05) is 0 Å². The molecule has 0 aliphatic carbocycles. The zero-order valence-corrected chi connectivity index (χ0v) is 54.2. The molecule has 0 radical (unpaired) electrons. The van der Waals surface area contributed by atoms with Crippen LogP contribution >= 0.6 is 0 Å². The van der Waals surface area contributed by atoms with Crippen molar-refractivity contribution < 1.29 is 230 Å². The second kappa shape index (κ2) is 30.9. The summed E-state index contributed by atoms with van der Waals surface area (Å²) in [6.07, 6.45) is -77.6. The summed E-state index contributed by atoms with van der Waals surface area (Å²) in [5.41, 5.74) is 0. The van der Waals surface area contributed by atoms with E-state index >= 15 is 0 Å². The van der Waals surface area contributed by atoms with Crippen LogP contribution in [0, 0.1) is 0 Å². The lowest BCUT2D eigenvalue weighted by Crippen LogP contribution is -2.67. The Labute approximate surface area is 568 Å². The molecule has 8 bridgehead atoms. The summed E-state index contributed by atoms with van der Waals surface area (Å²) >= 11 is 0. The molecule has 12 rings (SSSR count). The maximum Gasteiger partial charge on any atom is 0.218 e. The van der Waals surface area contributed by atoms with E-state index in [9.17, 15) is 123 Å². The molecule has 49 nitrogen and oxygen atoms in total. The first-order valence-corrected chi connectivity index (χ1v) is 35.9. The van der Waals surface area contributed by atoms with Gasteiger partial charge in [-0.3, -0.25) is 16.7 Å². The third-order valence-corrected chi connectivity index (χ3v) is 20.3. The van der Waals surface area contributed by atoms with Crippen molar-refractivity contribution in [1.82, 2.24) is 0 Å². The molecule has 40 unspecified atom stereocenters. The second-order valence-electron chi connectivity index (χ2n) is 24.8. The first-order valence-electron chi connectivity index (χ1n) is 30.6. The fourth-order valence-electron chi connectivity index (χ4n) is 13.9. The molecule has 0 aromatic carbocycles. The molecule has 12 saturated heterocycles. The average molecular weight is 1560 g/mol.